The zero-order valence-corrected chi connectivity index (χ0v) is 12.9. The minimum Gasteiger partial charge on any atom is -0.341 e. The zero-order chi connectivity index (χ0) is 14.8. The highest BCUT2D eigenvalue weighted by molar-refractivity contribution is 5.73. The van der Waals surface area contributed by atoms with Gasteiger partial charge in [0.2, 0.25) is 0 Å². The zero-order valence-electron chi connectivity index (χ0n) is 12.9. The topological polar surface area (TPSA) is 53.2 Å². The molecule has 112 valence electrons. The Kier molecular flexibility index (Phi) is 7.73. The predicted molar refractivity (Wildman–Crippen MR) is 83.9 cm³/mol. The molecular weight excluding hydrogens is 250 g/mol. The number of piperidine rings is 1. The van der Waals surface area contributed by atoms with E-state index in [2.05, 4.69) is 41.9 Å². The smallest absolute Gasteiger partial charge is 0.314 e. The van der Waals surface area contributed by atoms with Crippen LogP contribution in [0.1, 0.15) is 36.0 Å². The van der Waals surface area contributed by atoms with E-state index in [0.29, 0.717) is 6.54 Å². The molecule has 0 bridgehead atoms. The maximum Gasteiger partial charge on any atom is 0.314 e. The number of hydrogen-bond donors (Lipinski definition) is 3. The molecule has 1 aliphatic rings. The second-order valence-electron chi connectivity index (χ2n) is 5.16. The summed E-state index contributed by atoms with van der Waals surface area (Å²) in [5, 5.41) is 8.54. The summed E-state index contributed by atoms with van der Waals surface area (Å²) in [5.41, 5.74) is 3.64. The van der Waals surface area contributed by atoms with Crippen LogP contribution in [0.3, 0.4) is 0 Å². The van der Waals surface area contributed by atoms with Gasteiger partial charge in [0, 0.05) is 13.6 Å². The van der Waals surface area contributed by atoms with Crippen LogP contribution in [0, 0.1) is 13.8 Å². The van der Waals surface area contributed by atoms with Crippen LogP contribution in [-0.2, 0) is 6.54 Å². The first-order valence-corrected chi connectivity index (χ1v) is 7.36. The molecule has 1 heterocycles. The molecule has 1 aromatic rings. The summed E-state index contributed by atoms with van der Waals surface area (Å²) < 4.78 is 0. The van der Waals surface area contributed by atoms with Crippen LogP contribution in [0.25, 0.3) is 0 Å². The number of rotatable bonds is 2. The van der Waals surface area contributed by atoms with Crippen molar-refractivity contribution in [3.63, 3.8) is 0 Å². The van der Waals surface area contributed by atoms with Crippen molar-refractivity contribution in [1.82, 2.24) is 16.0 Å². The van der Waals surface area contributed by atoms with Gasteiger partial charge in [0.05, 0.1) is 0 Å². The summed E-state index contributed by atoms with van der Waals surface area (Å²) in [6.07, 6.45) is 4.22. The van der Waals surface area contributed by atoms with Gasteiger partial charge in [-0.25, -0.2) is 4.79 Å². The van der Waals surface area contributed by atoms with Crippen LogP contribution < -0.4 is 16.0 Å². The lowest BCUT2D eigenvalue weighted by Crippen LogP contribution is -2.32. The standard InChI is InChI=1S/C11H16N2O.C5H11N/c1-8-4-5-10(6-9(8)2)7-13-11(14)12-3;1-2-4-6-5-3-1/h4-6H,7H2,1-3H3,(H2,12,13,14);6H,1-5H2. The molecular formula is C16H27N3O. The van der Waals surface area contributed by atoms with Gasteiger partial charge in [0.1, 0.15) is 0 Å². The van der Waals surface area contributed by atoms with E-state index >= 15 is 0 Å². The molecule has 0 spiro atoms. The number of carbonyl (C=O) groups is 1. The van der Waals surface area contributed by atoms with Gasteiger partial charge in [-0.3, -0.25) is 0 Å². The fourth-order valence-electron chi connectivity index (χ4n) is 1.99. The molecule has 2 amide bonds. The van der Waals surface area contributed by atoms with Crippen molar-refractivity contribution >= 4 is 6.03 Å². The van der Waals surface area contributed by atoms with Gasteiger partial charge in [0.15, 0.2) is 0 Å². The van der Waals surface area contributed by atoms with Crippen LogP contribution in [0.4, 0.5) is 4.79 Å². The highest BCUT2D eigenvalue weighted by atomic mass is 16.2. The van der Waals surface area contributed by atoms with Gasteiger partial charge in [-0.1, -0.05) is 24.6 Å². The number of benzene rings is 1. The van der Waals surface area contributed by atoms with E-state index in [-0.39, 0.29) is 6.03 Å². The number of aryl methyl sites for hydroxylation is 2. The maximum absolute atomic E-state index is 10.9. The third kappa shape index (κ3) is 6.57. The Bertz CT molecular complexity index is 403. The number of amides is 2. The molecule has 2 rings (SSSR count). The molecule has 0 unspecified atom stereocenters. The quantitative estimate of drug-likeness (QED) is 0.778. The van der Waals surface area contributed by atoms with E-state index < -0.39 is 0 Å². The molecule has 0 saturated carbocycles. The Morgan fingerprint density at radius 3 is 2.30 bits per heavy atom. The van der Waals surface area contributed by atoms with Crippen molar-refractivity contribution in [3.05, 3.63) is 34.9 Å². The third-order valence-corrected chi connectivity index (χ3v) is 3.46. The average Bonchev–Trinajstić information content (AvgIpc) is 2.50. The first kappa shape index (κ1) is 16.5. The Morgan fingerprint density at radius 2 is 1.85 bits per heavy atom. The fourth-order valence-corrected chi connectivity index (χ4v) is 1.99. The number of nitrogens with one attached hydrogen (secondary N) is 3. The summed E-state index contributed by atoms with van der Waals surface area (Å²) in [5.74, 6) is 0. The first-order chi connectivity index (χ1) is 9.63. The normalized spacial score (nSPS) is 13.9. The fraction of sp³-hybridized carbons (Fsp3) is 0.562. The largest absolute Gasteiger partial charge is 0.341 e. The Hall–Kier alpha value is -1.55. The summed E-state index contributed by atoms with van der Waals surface area (Å²) in [4.78, 5) is 10.9. The van der Waals surface area contributed by atoms with Gasteiger partial charge in [-0.2, -0.15) is 0 Å². The van der Waals surface area contributed by atoms with Crippen LogP contribution in [0.15, 0.2) is 18.2 Å². The van der Waals surface area contributed by atoms with E-state index in [9.17, 15) is 4.79 Å². The molecule has 1 aromatic carbocycles. The Balaban J connectivity index is 0.000000276. The second-order valence-corrected chi connectivity index (χ2v) is 5.16. The van der Waals surface area contributed by atoms with Gasteiger partial charge < -0.3 is 16.0 Å². The maximum atomic E-state index is 10.9. The first-order valence-electron chi connectivity index (χ1n) is 7.36. The van der Waals surface area contributed by atoms with E-state index in [0.717, 1.165) is 5.56 Å². The lowest BCUT2D eigenvalue weighted by atomic mass is 10.1. The van der Waals surface area contributed by atoms with Crippen molar-refractivity contribution in [2.24, 2.45) is 0 Å². The molecule has 0 atom stereocenters. The third-order valence-electron chi connectivity index (χ3n) is 3.46. The van der Waals surface area contributed by atoms with Gasteiger partial charge in [-0.15, -0.1) is 0 Å². The molecule has 4 heteroatoms. The van der Waals surface area contributed by atoms with Crippen molar-refractivity contribution in [2.45, 2.75) is 39.7 Å². The average molecular weight is 277 g/mol. The number of hydrogen-bond acceptors (Lipinski definition) is 2. The lowest BCUT2D eigenvalue weighted by molar-refractivity contribution is 0.242. The van der Waals surface area contributed by atoms with Crippen LogP contribution in [-0.4, -0.2) is 26.2 Å². The summed E-state index contributed by atoms with van der Waals surface area (Å²) >= 11 is 0. The molecule has 0 aliphatic carbocycles. The monoisotopic (exact) mass is 277 g/mol. The SMILES string of the molecule is C1CCNCC1.CNC(=O)NCc1ccc(C)c(C)c1. The summed E-state index contributed by atoms with van der Waals surface area (Å²) in [7, 11) is 1.61. The molecule has 0 radical (unpaired) electrons. The molecule has 1 saturated heterocycles. The molecule has 0 aromatic heterocycles. The Morgan fingerprint density at radius 1 is 1.15 bits per heavy atom. The van der Waals surface area contributed by atoms with Crippen molar-refractivity contribution in [3.8, 4) is 0 Å². The molecule has 1 aliphatic heterocycles. The van der Waals surface area contributed by atoms with Crippen molar-refractivity contribution in [2.75, 3.05) is 20.1 Å². The minimum absolute atomic E-state index is 0.150. The van der Waals surface area contributed by atoms with Gasteiger partial charge in [0.25, 0.3) is 0 Å². The molecule has 3 N–H and O–H groups in total. The van der Waals surface area contributed by atoms with Crippen molar-refractivity contribution in [1.29, 1.82) is 0 Å². The van der Waals surface area contributed by atoms with Crippen LogP contribution >= 0.6 is 0 Å². The highest BCUT2D eigenvalue weighted by Gasteiger charge is 1.98. The summed E-state index contributed by atoms with van der Waals surface area (Å²) in [6, 6.07) is 6.03. The molecule has 4 nitrogen and oxygen atoms in total. The van der Waals surface area contributed by atoms with Crippen molar-refractivity contribution < 1.29 is 4.79 Å². The van der Waals surface area contributed by atoms with E-state index in [1.54, 1.807) is 7.05 Å². The molecule has 1 fully saturated rings. The molecule has 20 heavy (non-hydrogen) atoms. The second kappa shape index (κ2) is 9.37. The highest BCUT2D eigenvalue weighted by Crippen LogP contribution is 2.09. The van der Waals surface area contributed by atoms with E-state index in [1.165, 1.54) is 43.5 Å². The lowest BCUT2D eigenvalue weighted by Gasteiger charge is -2.08. The number of urea groups is 1. The van der Waals surface area contributed by atoms with E-state index in [1.807, 2.05) is 6.07 Å². The summed E-state index contributed by atoms with van der Waals surface area (Å²) in [6.45, 7) is 7.21. The Labute approximate surface area is 122 Å². The van der Waals surface area contributed by atoms with E-state index in [4.69, 9.17) is 0 Å². The van der Waals surface area contributed by atoms with Crippen LogP contribution in [0.2, 0.25) is 0 Å². The van der Waals surface area contributed by atoms with Crippen LogP contribution in [0.5, 0.6) is 0 Å². The number of carbonyl (C=O) groups excluding carboxylic acids is 1. The van der Waals surface area contributed by atoms with Gasteiger partial charge in [-0.05, 0) is 56.5 Å². The predicted octanol–water partition coefficient (Wildman–Crippen LogP) is 2.49. The van der Waals surface area contributed by atoms with Gasteiger partial charge >= 0.3 is 6.03 Å². The minimum atomic E-state index is -0.150.